The number of halogens is 1. The van der Waals surface area contributed by atoms with Crippen LogP contribution in [0.15, 0.2) is 0 Å². The van der Waals surface area contributed by atoms with Crippen molar-refractivity contribution in [3.63, 3.8) is 0 Å². The number of alkyl halides is 1. The molecule has 0 heterocycles. The van der Waals surface area contributed by atoms with E-state index in [9.17, 15) is 5.26 Å². The first-order valence-corrected chi connectivity index (χ1v) is 16.4. The van der Waals surface area contributed by atoms with Crippen LogP contribution in [0.5, 0.6) is 0 Å². The number of hydrogen-bond acceptors (Lipinski definition) is 1. The number of nitrogens with zero attached hydrogens (tertiary/aromatic N) is 1. The molecule has 0 aromatic heterocycles. The summed E-state index contributed by atoms with van der Waals surface area (Å²) in [5, 5.41) is 10.4. The van der Waals surface area contributed by atoms with Crippen LogP contribution < -0.4 is 0 Å². The first kappa shape index (κ1) is 25.4. The van der Waals surface area contributed by atoms with E-state index in [1.807, 2.05) is 0 Å². The molecule has 172 valence electrons. The Morgan fingerprint density at radius 2 is 1.80 bits per heavy atom. The van der Waals surface area contributed by atoms with Gasteiger partial charge in [-0.3, -0.25) is 0 Å². The van der Waals surface area contributed by atoms with Crippen LogP contribution in [0.1, 0.15) is 98.8 Å². The fourth-order valence-electron chi connectivity index (χ4n) is 8.56. The molecule has 0 spiro atoms. The van der Waals surface area contributed by atoms with Gasteiger partial charge in [-0.15, -0.1) is 0 Å². The van der Waals surface area contributed by atoms with Crippen molar-refractivity contribution in [1.29, 1.82) is 5.26 Å². The molecular weight excluding hydrogens is 544 g/mol. The number of fused-ring (bicyclic) bond motifs is 3. The molecular formula is C27H46INSe. The van der Waals surface area contributed by atoms with Crippen molar-refractivity contribution >= 4 is 37.5 Å². The summed E-state index contributed by atoms with van der Waals surface area (Å²) in [7, 11) is 0. The summed E-state index contributed by atoms with van der Waals surface area (Å²) in [6, 6.07) is 0. The van der Waals surface area contributed by atoms with Crippen LogP contribution in [0.3, 0.4) is 0 Å². The van der Waals surface area contributed by atoms with E-state index in [4.69, 9.17) is 0 Å². The predicted molar refractivity (Wildman–Crippen MR) is 139 cm³/mol. The molecule has 3 heteroatoms. The Morgan fingerprint density at radius 1 is 1.03 bits per heavy atom. The minimum absolute atomic E-state index is 0.192. The van der Waals surface area contributed by atoms with Crippen LogP contribution in [0, 0.1) is 62.5 Å². The number of rotatable bonds is 9. The Balaban J connectivity index is 1.73. The summed E-state index contributed by atoms with van der Waals surface area (Å²) in [4.78, 5) is 2.51. The second-order valence-corrected chi connectivity index (χ2v) is 14.8. The zero-order valence-electron chi connectivity index (χ0n) is 20.3. The molecule has 30 heavy (non-hydrogen) atoms. The summed E-state index contributed by atoms with van der Waals surface area (Å²) >= 11 is 2.81. The summed E-state index contributed by atoms with van der Waals surface area (Å²) in [5.41, 5.74) is 1.10. The summed E-state index contributed by atoms with van der Waals surface area (Å²) in [6.07, 6.45) is 14.5. The van der Waals surface area contributed by atoms with Crippen LogP contribution in [0.25, 0.3) is 0 Å². The van der Waals surface area contributed by atoms with E-state index >= 15 is 0 Å². The van der Waals surface area contributed by atoms with Gasteiger partial charge in [-0.2, -0.15) is 0 Å². The molecule has 8 atom stereocenters. The fraction of sp³-hybridized carbons (Fsp3) is 0.963. The standard InChI is InChI=1S/C27H46INSe/c1-19(2)7-6-8-20(3)23-11-12-24-22-10-9-21(17-30-18-29)26(4,15-16-28)25(22)13-14-27(23,24)5/h19-25H,6-17H2,1-5H3/t20-,21?,22?,23-,24?,25?,26+,27-/m1/s1. The SMILES string of the molecule is CC(C)CCC[C@@H](C)[C@H]1CCC2C3CCC(C[Se]C#N)[C@](C)(CCI)C3CC[C@@]21C. The molecule has 0 aliphatic heterocycles. The molecule has 0 bridgehead atoms. The molecule has 1 nitrogen and oxygen atoms in total. The van der Waals surface area contributed by atoms with Gasteiger partial charge < -0.3 is 0 Å². The molecule has 3 aliphatic rings. The number of nitriles is 1. The monoisotopic (exact) mass is 591 g/mol. The van der Waals surface area contributed by atoms with Crippen LogP contribution in [-0.4, -0.2) is 19.4 Å². The van der Waals surface area contributed by atoms with Crippen molar-refractivity contribution in [1.82, 2.24) is 0 Å². The van der Waals surface area contributed by atoms with Gasteiger partial charge in [-0.1, -0.05) is 13.8 Å². The third-order valence-corrected chi connectivity index (χ3v) is 12.3. The average Bonchev–Trinajstić information content (AvgIpc) is 3.04. The van der Waals surface area contributed by atoms with Crippen molar-refractivity contribution in [2.75, 3.05) is 4.43 Å². The first-order chi connectivity index (χ1) is 14.3. The summed E-state index contributed by atoms with van der Waals surface area (Å²) in [6.45, 7) is 12.7. The fourth-order valence-corrected chi connectivity index (χ4v) is 11.5. The average molecular weight is 591 g/mol. The van der Waals surface area contributed by atoms with E-state index < -0.39 is 0 Å². The molecule has 3 rings (SSSR count). The molecule has 0 aromatic carbocycles. The predicted octanol–water partition coefficient (Wildman–Crippen LogP) is 8.35. The van der Waals surface area contributed by atoms with E-state index in [2.05, 4.69) is 62.2 Å². The second-order valence-electron chi connectivity index (χ2n) is 12.0. The van der Waals surface area contributed by atoms with Crippen LogP contribution in [0.2, 0.25) is 5.32 Å². The maximum absolute atomic E-state index is 9.24. The third-order valence-electron chi connectivity index (χ3n) is 10.2. The van der Waals surface area contributed by atoms with Gasteiger partial charge in [-0.05, 0) is 5.92 Å². The Bertz CT molecular complexity index is 600. The maximum atomic E-state index is 9.24. The van der Waals surface area contributed by atoms with Gasteiger partial charge in [0.15, 0.2) is 0 Å². The Morgan fingerprint density at radius 3 is 2.47 bits per heavy atom. The van der Waals surface area contributed by atoms with Crippen LogP contribution in [0.4, 0.5) is 0 Å². The van der Waals surface area contributed by atoms with Crippen molar-refractivity contribution < 1.29 is 0 Å². The second kappa shape index (κ2) is 10.8. The van der Waals surface area contributed by atoms with E-state index in [0.29, 0.717) is 10.8 Å². The van der Waals surface area contributed by atoms with Gasteiger partial charge in [0.05, 0.1) is 0 Å². The zero-order chi connectivity index (χ0) is 21.9. The molecule has 3 fully saturated rings. The molecule has 3 aliphatic carbocycles. The van der Waals surface area contributed by atoms with E-state index in [1.54, 1.807) is 0 Å². The summed E-state index contributed by atoms with van der Waals surface area (Å²) in [5.74, 6) is 6.41. The van der Waals surface area contributed by atoms with Crippen molar-refractivity contribution in [2.24, 2.45) is 52.3 Å². The molecule has 0 amide bonds. The van der Waals surface area contributed by atoms with E-state index in [1.165, 1.54) is 74.0 Å². The zero-order valence-corrected chi connectivity index (χ0v) is 24.1. The molecule has 0 N–H and O–H groups in total. The van der Waals surface area contributed by atoms with Crippen molar-refractivity contribution in [2.45, 2.75) is 104 Å². The minimum atomic E-state index is 0.192. The van der Waals surface area contributed by atoms with Crippen LogP contribution in [-0.2, 0) is 0 Å². The van der Waals surface area contributed by atoms with Gasteiger partial charge in [0.25, 0.3) is 0 Å². The molecule has 0 saturated heterocycles. The Kier molecular flexibility index (Phi) is 9.11. The van der Waals surface area contributed by atoms with E-state index in [0.717, 1.165) is 41.4 Å². The normalized spacial score (nSPS) is 41.9. The van der Waals surface area contributed by atoms with Gasteiger partial charge in [0.2, 0.25) is 0 Å². The number of hydrogen-bond donors (Lipinski definition) is 0. The first-order valence-electron chi connectivity index (χ1n) is 12.8. The van der Waals surface area contributed by atoms with Gasteiger partial charge in [0.1, 0.15) is 0 Å². The summed E-state index contributed by atoms with van der Waals surface area (Å²) < 4.78 is 1.28. The van der Waals surface area contributed by atoms with E-state index in [-0.39, 0.29) is 15.0 Å². The van der Waals surface area contributed by atoms with Gasteiger partial charge >= 0.3 is 189 Å². The topological polar surface area (TPSA) is 23.8 Å². The van der Waals surface area contributed by atoms with Crippen molar-refractivity contribution in [3.8, 4) is 4.97 Å². The molecule has 3 saturated carbocycles. The Labute approximate surface area is 207 Å². The molecule has 4 unspecified atom stereocenters. The molecule has 0 radical (unpaired) electrons. The van der Waals surface area contributed by atoms with Crippen molar-refractivity contribution in [3.05, 3.63) is 0 Å². The quantitative estimate of drug-likeness (QED) is 0.150. The Hall–Kier alpha value is 0.739. The van der Waals surface area contributed by atoms with Crippen LogP contribution >= 0.6 is 22.6 Å². The van der Waals surface area contributed by atoms with Gasteiger partial charge in [0, 0.05) is 0 Å². The molecule has 0 aromatic rings. The third kappa shape index (κ3) is 4.96. The van der Waals surface area contributed by atoms with Gasteiger partial charge in [-0.25, -0.2) is 0 Å².